The van der Waals surface area contributed by atoms with Crippen LogP contribution in [0.4, 0.5) is 11.5 Å². The monoisotopic (exact) mass is 322 g/mol. The fourth-order valence-corrected chi connectivity index (χ4v) is 2.64. The fraction of sp³-hybridized carbons (Fsp3) is 0.308. The van der Waals surface area contributed by atoms with Crippen LogP contribution in [0.25, 0.3) is 11.3 Å². The van der Waals surface area contributed by atoms with Gasteiger partial charge in [-0.05, 0) is 18.2 Å². The summed E-state index contributed by atoms with van der Waals surface area (Å²) >= 11 is 3.52. The first-order valence-corrected chi connectivity index (χ1v) is 6.97. The lowest BCUT2D eigenvalue weighted by atomic mass is 10.1. The number of hydrogen-bond acceptors (Lipinski definition) is 4. The number of aromatic nitrogens is 2. The van der Waals surface area contributed by atoms with Crippen molar-refractivity contribution in [3.05, 3.63) is 28.7 Å². The Morgan fingerprint density at radius 2 is 2.05 bits per heavy atom. The van der Waals surface area contributed by atoms with E-state index in [9.17, 15) is 0 Å². The van der Waals surface area contributed by atoms with Gasteiger partial charge in [-0.3, -0.25) is 5.10 Å². The number of nitrogen functional groups attached to an aromatic ring is 1. The van der Waals surface area contributed by atoms with Crippen LogP contribution in [0.2, 0.25) is 0 Å². The van der Waals surface area contributed by atoms with Crippen molar-refractivity contribution in [3.63, 3.8) is 0 Å². The van der Waals surface area contributed by atoms with E-state index in [2.05, 4.69) is 43.2 Å². The van der Waals surface area contributed by atoms with Crippen LogP contribution in [0.5, 0.6) is 0 Å². The summed E-state index contributed by atoms with van der Waals surface area (Å²) in [6.45, 7) is 3.33. The molecular formula is C13H15BrN4O. The van der Waals surface area contributed by atoms with E-state index in [0.717, 1.165) is 42.0 Å². The number of anilines is 2. The molecule has 19 heavy (non-hydrogen) atoms. The third kappa shape index (κ3) is 2.59. The van der Waals surface area contributed by atoms with Gasteiger partial charge >= 0.3 is 0 Å². The highest BCUT2D eigenvalue weighted by molar-refractivity contribution is 9.10. The fourth-order valence-electron chi connectivity index (χ4n) is 2.28. The lowest BCUT2D eigenvalue weighted by Crippen LogP contribution is -2.36. The molecule has 0 amide bonds. The van der Waals surface area contributed by atoms with Crippen molar-refractivity contribution < 1.29 is 4.74 Å². The van der Waals surface area contributed by atoms with Crippen LogP contribution in [0.15, 0.2) is 28.7 Å². The van der Waals surface area contributed by atoms with E-state index in [0.29, 0.717) is 5.82 Å². The molecule has 1 aromatic carbocycles. The van der Waals surface area contributed by atoms with Gasteiger partial charge in [-0.15, -0.1) is 0 Å². The van der Waals surface area contributed by atoms with Crippen molar-refractivity contribution in [2.75, 3.05) is 36.9 Å². The molecule has 1 aromatic heterocycles. The van der Waals surface area contributed by atoms with Gasteiger partial charge in [0.25, 0.3) is 0 Å². The van der Waals surface area contributed by atoms with Crippen LogP contribution in [-0.2, 0) is 4.74 Å². The molecule has 6 heteroatoms. The molecule has 0 bridgehead atoms. The Labute approximate surface area is 119 Å². The molecule has 0 spiro atoms. The van der Waals surface area contributed by atoms with Gasteiger partial charge in [-0.1, -0.05) is 15.9 Å². The number of nitrogens with zero attached hydrogens (tertiary/aromatic N) is 2. The molecule has 0 aliphatic carbocycles. The molecule has 0 unspecified atom stereocenters. The van der Waals surface area contributed by atoms with Gasteiger partial charge in [-0.25, -0.2) is 0 Å². The van der Waals surface area contributed by atoms with Crippen LogP contribution in [0.3, 0.4) is 0 Å². The van der Waals surface area contributed by atoms with Crippen molar-refractivity contribution in [2.45, 2.75) is 0 Å². The van der Waals surface area contributed by atoms with E-state index in [1.807, 2.05) is 12.1 Å². The Morgan fingerprint density at radius 1 is 1.26 bits per heavy atom. The second-order valence-corrected chi connectivity index (χ2v) is 5.38. The Morgan fingerprint density at radius 3 is 2.74 bits per heavy atom. The van der Waals surface area contributed by atoms with Crippen molar-refractivity contribution in [1.82, 2.24) is 10.2 Å². The average molecular weight is 323 g/mol. The van der Waals surface area contributed by atoms with E-state index in [1.165, 1.54) is 5.69 Å². The van der Waals surface area contributed by atoms with Crippen LogP contribution in [0, 0.1) is 0 Å². The summed E-state index contributed by atoms with van der Waals surface area (Å²) in [5, 5.41) is 6.98. The van der Waals surface area contributed by atoms with Crippen molar-refractivity contribution in [3.8, 4) is 11.3 Å². The summed E-state index contributed by atoms with van der Waals surface area (Å²) in [6.07, 6.45) is 0. The second kappa shape index (κ2) is 5.22. The van der Waals surface area contributed by atoms with E-state index in [4.69, 9.17) is 10.5 Å². The Kier molecular flexibility index (Phi) is 3.44. The number of H-pyrrole nitrogens is 1. The first-order chi connectivity index (χ1) is 9.24. The van der Waals surface area contributed by atoms with Crippen LogP contribution in [0.1, 0.15) is 0 Å². The summed E-state index contributed by atoms with van der Waals surface area (Å²) in [6, 6.07) is 8.10. The molecule has 0 atom stereocenters. The van der Waals surface area contributed by atoms with Crippen molar-refractivity contribution in [2.24, 2.45) is 0 Å². The van der Waals surface area contributed by atoms with Gasteiger partial charge < -0.3 is 15.4 Å². The zero-order chi connectivity index (χ0) is 13.2. The van der Waals surface area contributed by atoms with Crippen molar-refractivity contribution in [1.29, 1.82) is 0 Å². The van der Waals surface area contributed by atoms with Crippen molar-refractivity contribution >= 4 is 27.4 Å². The SMILES string of the molecule is Nc1cc(-c2cc(Br)ccc2N2CCOCC2)[nH]n1. The molecule has 0 radical (unpaired) electrons. The minimum atomic E-state index is 0.503. The van der Waals surface area contributed by atoms with E-state index in [-0.39, 0.29) is 0 Å². The zero-order valence-electron chi connectivity index (χ0n) is 10.4. The van der Waals surface area contributed by atoms with E-state index in [1.54, 1.807) is 0 Å². The Hall–Kier alpha value is -1.53. The molecule has 100 valence electrons. The van der Waals surface area contributed by atoms with Gasteiger partial charge in [0, 0.05) is 34.9 Å². The molecular weight excluding hydrogens is 308 g/mol. The number of rotatable bonds is 2. The highest BCUT2D eigenvalue weighted by Crippen LogP contribution is 2.33. The Balaban J connectivity index is 2.03. The van der Waals surface area contributed by atoms with Crippen LogP contribution < -0.4 is 10.6 Å². The summed E-state index contributed by atoms with van der Waals surface area (Å²) in [5.41, 5.74) is 8.90. The Bertz CT molecular complexity index is 578. The number of aromatic amines is 1. The number of benzene rings is 1. The minimum Gasteiger partial charge on any atom is -0.382 e. The summed E-state index contributed by atoms with van der Waals surface area (Å²) in [4.78, 5) is 2.32. The number of halogens is 1. The van der Waals surface area contributed by atoms with Gasteiger partial charge in [-0.2, -0.15) is 5.10 Å². The predicted octanol–water partition coefficient (Wildman–Crippen LogP) is 2.26. The number of nitrogens with two attached hydrogens (primary N) is 1. The smallest absolute Gasteiger partial charge is 0.145 e. The standard InChI is InChI=1S/C13H15BrN4O/c14-9-1-2-12(18-3-5-19-6-4-18)10(7-9)11-8-13(15)17-16-11/h1-2,7-8H,3-6H2,(H3,15,16,17). The largest absolute Gasteiger partial charge is 0.382 e. The third-order valence-electron chi connectivity index (χ3n) is 3.20. The minimum absolute atomic E-state index is 0.503. The zero-order valence-corrected chi connectivity index (χ0v) is 12.0. The highest BCUT2D eigenvalue weighted by atomic mass is 79.9. The number of morpholine rings is 1. The van der Waals surface area contributed by atoms with E-state index < -0.39 is 0 Å². The average Bonchev–Trinajstić information content (AvgIpc) is 2.86. The molecule has 1 aliphatic rings. The van der Waals surface area contributed by atoms with Gasteiger partial charge in [0.1, 0.15) is 5.82 Å². The number of nitrogens with one attached hydrogen (secondary N) is 1. The predicted molar refractivity (Wildman–Crippen MR) is 79.2 cm³/mol. The summed E-state index contributed by atoms with van der Waals surface area (Å²) in [5.74, 6) is 0.503. The van der Waals surface area contributed by atoms with Crippen LogP contribution >= 0.6 is 15.9 Å². The normalized spacial score (nSPS) is 15.7. The first-order valence-electron chi connectivity index (χ1n) is 6.17. The maximum absolute atomic E-state index is 5.69. The van der Waals surface area contributed by atoms with Crippen LogP contribution in [-0.4, -0.2) is 36.5 Å². The van der Waals surface area contributed by atoms with Gasteiger partial charge in [0.15, 0.2) is 0 Å². The molecule has 3 rings (SSSR count). The van der Waals surface area contributed by atoms with Gasteiger partial charge in [0.2, 0.25) is 0 Å². The molecule has 1 aliphatic heterocycles. The highest BCUT2D eigenvalue weighted by Gasteiger charge is 2.17. The second-order valence-electron chi connectivity index (χ2n) is 4.47. The molecule has 0 saturated carbocycles. The molecule has 1 fully saturated rings. The lowest BCUT2D eigenvalue weighted by molar-refractivity contribution is 0.123. The van der Waals surface area contributed by atoms with Gasteiger partial charge in [0.05, 0.1) is 18.9 Å². The maximum atomic E-state index is 5.69. The first kappa shape index (κ1) is 12.5. The third-order valence-corrected chi connectivity index (χ3v) is 3.69. The molecule has 2 heterocycles. The molecule has 3 N–H and O–H groups in total. The summed E-state index contributed by atoms with van der Waals surface area (Å²) in [7, 11) is 0. The molecule has 1 saturated heterocycles. The molecule has 2 aromatic rings. The molecule has 5 nitrogen and oxygen atoms in total. The number of hydrogen-bond donors (Lipinski definition) is 2. The maximum Gasteiger partial charge on any atom is 0.145 e. The summed E-state index contributed by atoms with van der Waals surface area (Å²) < 4.78 is 6.44. The quantitative estimate of drug-likeness (QED) is 0.890. The topological polar surface area (TPSA) is 67.2 Å². The van der Waals surface area contributed by atoms with E-state index >= 15 is 0 Å². The lowest BCUT2D eigenvalue weighted by Gasteiger charge is -2.30. The number of ether oxygens (including phenoxy) is 1.